The lowest BCUT2D eigenvalue weighted by Gasteiger charge is -2.16. The Bertz CT molecular complexity index is 961. The van der Waals surface area contributed by atoms with Crippen LogP contribution in [0.2, 0.25) is 0 Å². The van der Waals surface area contributed by atoms with Gasteiger partial charge in [-0.1, -0.05) is 48.0 Å². The number of hydrogen-bond donors (Lipinski definition) is 1. The fourth-order valence-electron chi connectivity index (χ4n) is 2.69. The van der Waals surface area contributed by atoms with Crippen molar-refractivity contribution in [3.05, 3.63) is 65.7 Å². The van der Waals surface area contributed by atoms with E-state index < -0.39 is 7.60 Å². The summed E-state index contributed by atoms with van der Waals surface area (Å²) >= 11 is 5.73. The van der Waals surface area contributed by atoms with Crippen molar-refractivity contribution in [3.8, 4) is 11.5 Å². The molecular formula is C21H24ClN2O4P. The second kappa shape index (κ2) is 10.1. The molecule has 0 radical (unpaired) electrons. The number of rotatable bonds is 10. The zero-order chi connectivity index (χ0) is 20.7. The van der Waals surface area contributed by atoms with Gasteiger partial charge in [0, 0.05) is 18.0 Å². The van der Waals surface area contributed by atoms with Gasteiger partial charge < -0.3 is 18.8 Å². The Morgan fingerprint density at radius 3 is 2.48 bits per heavy atom. The summed E-state index contributed by atoms with van der Waals surface area (Å²) in [5.74, 6) is 0.785. The van der Waals surface area contributed by atoms with Gasteiger partial charge in [-0.2, -0.15) is 4.98 Å². The lowest BCUT2D eigenvalue weighted by molar-refractivity contribution is 0.230. The van der Waals surface area contributed by atoms with Gasteiger partial charge in [-0.05, 0) is 31.5 Å². The Kier molecular flexibility index (Phi) is 7.51. The maximum atomic E-state index is 13.4. The van der Waals surface area contributed by atoms with Gasteiger partial charge in [0.05, 0.1) is 13.2 Å². The average molecular weight is 435 g/mol. The van der Waals surface area contributed by atoms with Crippen LogP contribution in [0.3, 0.4) is 0 Å². The summed E-state index contributed by atoms with van der Waals surface area (Å²) in [5, 5.41) is 3.18. The summed E-state index contributed by atoms with van der Waals surface area (Å²) in [6.45, 7) is 4.49. The van der Waals surface area contributed by atoms with E-state index in [-0.39, 0.29) is 30.4 Å². The average Bonchev–Trinajstić information content (AvgIpc) is 3.17. The highest BCUT2D eigenvalue weighted by molar-refractivity contribution is 7.62. The third-order valence-corrected chi connectivity index (χ3v) is 6.20. The van der Waals surface area contributed by atoms with Gasteiger partial charge in [-0.15, -0.1) is 11.6 Å². The highest BCUT2D eigenvalue weighted by Crippen LogP contribution is 2.49. The molecule has 29 heavy (non-hydrogen) atoms. The molecule has 1 N–H and O–H groups in total. The van der Waals surface area contributed by atoms with Gasteiger partial charge in [0.1, 0.15) is 0 Å². The van der Waals surface area contributed by atoms with Crippen LogP contribution in [0.4, 0.5) is 5.88 Å². The lowest BCUT2D eigenvalue weighted by Crippen LogP contribution is -2.17. The van der Waals surface area contributed by atoms with Crippen LogP contribution in [0.5, 0.6) is 0 Å². The van der Waals surface area contributed by atoms with Crippen LogP contribution >= 0.6 is 19.2 Å². The molecule has 6 nitrogen and oxygen atoms in total. The summed E-state index contributed by atoms with van der Waals surface area (Å²) in [5.41, 5.74) is 3.05. The van der Waals surface area contributed by atoms with Crippen LogP contribution < -0.4 is 10.8 Å². The van der Waals surface area contributed by atoms with Gasteiger partial charge >= 0.3 is 7.60 Å². The van der Waals surface area contributed by atoms with E-state index in [1.165, 1.54) is 0 Å². The molecule has 0 aliphatic heterocycles. The first-order chi connectivity index (χ1) is 14.1. The molecule has 3 rings (SSSR count). The number of halogens is 1. The molecule has 1 heterocycles. The number of benzene rings is 2. The third-order valence-electron chi connectivity index (χ3n) is 4.10. The number of alkyl halides is 1. The van der Waals surface area contributed by atoms with Crippen LogP contribution in [0.25, 0.3) is 11.5 Å². The van der Waals surface area contributed by atoms with E-state index in [1.54, 1.807) is 6.92 Å². The maximum Gasteiger partial charge on any atom is 0.385 e. The molecule has 0 aliphatic carbocycles. The maximum absolute atomic E-state index is 13.4. The van der Waals surface area contributed by atoms with E-state index in [2.05, 4.69) is 10.3 Å². The molecule has 8 heteroatoms. The van der Waals surface area contributed by atoms with Crippen molar-refractivity contribution < 1.29 is 18.0 Å². The standard InChI is InChI=1S/C21H24ClN2O4P/c1-3-26-29(25,27-14-13-22)21-20(23-15-17-7-5-4-6-8-17)28-19(24-21)18-11-9-16(2)10-12-18/h4-12,23H,3,13-15H2,1-2H3. The summed E-state index contributed by atoms with van der Waals surface area (Å²) in [6.07, 6.45) is 0. The first-order valence-electron chi connectivity index (χ1n) is 9.37. The minimum Gasteiger partial charge on any atom is -0.420 e. The van der Waals surface area contributed by atoms with E-state index in [0.717, 1.165) is 16.7 Å². The van der Waals surface area contributed by atoms with Gasteiger partial charge in [-0.25, -0.2) is 0 Å². The second-order valence-electron chi connectivity index (χ2n) is 6.31. The Morgan fingerprint density at radius 1 is 1.10 bits per heavy atom. The van der Waals surface area contributed by atoms with Gasteiger partial charge in [0.2, 0.25) is 17.2 Å². The summed E-state index contributed by atoms with van der Waals surface area (Å²) in [4.78, 5) is 4.48. The molecule has 0 aliphatic rings. The molecule has 0 fully saturated rings. The predicted octanol–water partition coefficient (Wildman–Crippen LogP) is 5.37. The largest absolute Gasteiger partial charge is 0.420 e. The molecule has 0 saturated carbocycles. The fraction of sp³-hybridized carbons (Fsp3) is 0.286. The lowest BCUT2D eigenvalue weighted by atomic mass is 10.1. The van der Waals surface area contributed by atoms with Crippen molar-refractivity contribution in [1.82, 2.24) is 4.98 Å². The summed E-state index contributed by atoms with van der Waals surface area (Å²) in [6, 6.07) is 17.5. The number of oxazole rings is 1. The smallest absolute Gasteiger partial charge is 0.385 e. The van der Waals surface area contributed by atoms with Crippen molar-refractivity contribution in [2.24, 2.45) is 0 Å². The Hall–Kier alpha value is -2.11. The first-order valence-corrected chi connectivity index (χ1v) is 11.4. The van der Waals surface area contributed by atoms with E-state index in [9.17, 15) is 4.57 Å². The minimum atomic E-state index is -3.71. The van der Waals surface area contributed by atoms with Gasteiger partial charge in [0.25, 0.3) is 0 Å². The quantitative estimate of drug-likeness (QED) is 0.341. The molecular weight excluding hydrogens is 411 g/mol. The van der Waals surface area contributed by atoms with Crippen LogP contribution in [-0.2, 0) is 20.2 Å². The Morgan fingerprint density at radius 2 is 1.83 bits per heavy atom. The van der Waals surface area contributed by atoms with Crippen LogP contribution in [-0.4, -0.2) is 24.1 Å². The molecule has 0 saturated heterocycles. The van der Waals surface area contributed by atoms with E-state index in [4.69, 9.17) is 25.1 Å². The second-order valence-corrected chi connectivity index (χ2v) is 8.63. The van der Waals surface area contributed by atoms with Crippen molar-refractivity contribution in [2.45, 2.75) is 20.4 Å². The predicted molar refractivity (Wildman–Crippen MR) is 116 cm³/mol. The molecule has 1 aromatic heterocycles. The van der Waals surface area contributed by atoms with E-state index >= 15 is 0 Å². The van der Waals surface area contributed by atoms with Gasteiger partial charge in [-0.3, -0.25) is 4.57 Å². The number of aromatic nitrogens is 1. The molecule has 2 aromatic carbocycles. The molecule has 1 atom stereocenters. The van der Waals surface area contributed by atoms with Gasteiger partial charge in [0.15, 0.2) is 0 Å². The molecule has 154 valence electrons. The van der Waals surface area contributed by atoms with Crippen molar-refractivity contribution in [1.29, 1.82) is 0 Å². The van der Waals surface area contributed by atoms with Crippen LogP contribution in [0.15, 0.2) is 59.0 Å². The van der Waals surface area contributed by atoms with Crippen LogP contribution in [0.1, 0.15) is 18.1 Å². The number of aryl methyl sites for hydroxylation is 1. The molecule has 1 unspecified atom stereocenters. The number of nitrogens with zero attached hydrogens (tertiary/aromatic N) is 1. The topological polar surface area (TPSA) is 73.6 Å². The minimum absolute atomic E-state index is 0.0731. The molecule has 0 bridgehead atoms. The number of hydrogen-bond acceptors (Lipinski definition) is 6. The third kappa shape index (κ3) is 5.49. The monoisotopic (exact) mass is 434 g/mol. The molecule has 0 amide bonds. The van der Waals surface area contributed by atoms with E-state index in [0.29, 0.717) is 12.4 Å². The zero-order valence-electron chi connectivity index (χ0n) is 16.4. The Labute approximate surface area is 175 Å². The van der Waals surface area contributed by atoms with Crippen molar-refractivity contribution in [2.75, 3.05) is 24.4 Å². The number of nitrogens with one attached hydrogen (secondary N) is 1. The first kappa shape index (κ1) is 21.6. The molecule has 3 aromatic rings. The molecule has 0 spiro atoms. The van der Waals surface area contributed by atoms with Crippen molar-refractivity contribution >= 4 is 30.5 Å². The highest BCUT2D eigenvalue weighted by Gasteiger charge is 2.36. The fourth-order valence-corrected chi connectivity index (χ4v) is 4.46. The highest BCUT2D eigenvalue weighted by atomic mass is 35.5. The zero-order valence-corrected chi connectivity index (χ0v) is 18.1. The van der Waals surface area contributed by atoms with Crippen molar-refractivity contribution in [3.63, 3.8) is 0 Å². The van der Waals surface area contributed by atoms with Crippen LogP contribution in [0, 0.1) is 6.92 Å². The normalized spacial score (nSPS) is 13.2. The van der Waals surface area contributed by atoms with E-state index in [1.807, 2.05) is 61.5 Å². The Balaban J connectivity index is 1.98. The summed E-state index contributed by atoms with van der Waals surface area (Å²) in [7, 11) is -3.71. The summed E-state index contributed by atoms with van der Waals surface area (Å²) < 4.78 is 30.4. The SMILES string of the molecule is CCOP(=O)(OCCCl)c1nc(-c2ccc(C)cc2)oc1NCc1ccccc1. The number of anilines is 1.